The topological polar surface area (TPSA) is 80.4 Å². The number of hydrogen-bond acceptors (Lipinski definition) is 4. The van der Waals surface area contributed by atoms with Gasteiger partial charge in [0, 0.05) is 12.0 Å². The number of hydrogen-bond donors (Lipinski definition) is 2. The quantitative estimate of drug-likeness (QED) is 0.336. The van der Waals surface area contributed by atoms with Crippen LogP contribution < -0.4 is 11.1 Å². The van der Waals surface area contributed by atoms with E-state index in [4.69, 9.17) is 5.73 Å². The van der Waals surface area contributed by atoms with Gasteiger partial charge in [-0.25, -0.2) is 9.98 Å². The maximum Gasteiger partial charge on any atom is 0.226 e. The van der Waals surface area contributed by atoms with Crippen LogP contribution in [0.2, 0.25) is 0 Å². The van der Waals surface area contributed by atoms with E-state index in [2.05, 4.69) is 15.3 Å². The molecule has 1 heterocycles. The van der Waals surface area contributed by atoms with E-state index in [0.29, 0.717) is 23.8 Å². The van der Waals surface area contributed by atoms with Crippen LogP contribution in [0, 0.1) is 6.92 Å². The number of carbonyl (C=O) groups is 1. The van der Waals surface area contributed by atoms with Gasteiger partial charge in [0.2, 0.25) is 5.91 Å². The van der Waals surface area contributed by atoms with Crippen LogP contribution in [-0.2, 0) is 11.2 Å². The van der Waals surface area contributed by atoms with E-state index < -0.39 is 0 Å². The molecule has 0 saturated heterocycles. The summed E-state index contributed by atoms with van der Waals surface area (Å²) in [4.78, 5) is 21.4. The molecule has 0 spiro atoms. The number of rotatable bonds is 6. The van der Waals surface area contributed by atoms with Gasteiger partial charge in [-0.05, 0) is 48.7 Å². The van der Waals surface area contributed by atoms with Crippen molar-refractivity contribution in [3.05, 3.63) is 89.5 Å². The third-order valence-corrected chi connectivity index (χ3v) is 5.70. The highest BCUT2D eigenvalue weighted by atomic mass is 32.1. The Balaban J connectivity index is 1.47. The monoisotopic (exact) mass is 414 g/mol. The largest absolute Gasteiger partial charge is 0.383 e. The third-order valence-electron chi connectivity index (χ3n) is 4.77. The van der Waals surface area contributed by atoms with Gasteiger partial charge in [-0.1, -0.05) is 59.9 Å². The molecule has 1 amide bonds. The highest BCUT2D eigenvalue weighted by Crippen LogP contribution is 2.27. The lowest BCUT2D eigenvalue weighted by Crippen LogP contribution is -2.12. The molecule has 0 radical (unpaired) electrons. The molecule has 30 heavy (non-hydrogen) atoms. The van der Waals surface area contributed by atoms with Crippen LogP contribution in [0.1, 0.15) is 23.1 Å². The van der Waals surface area contributed by atoms with Gasteiger partial charge in [-0.15, -0.1) is 0 Å². The van der Waals surface area contributed by atoms with E-state index in [1.54, 1.807) is 0 Å². The van der Waals surface area contributed by atoms with Crippen molar-refractivity contribution in [3.8, 4) is 0 Å². The zero-order valence-corrected chi connectivity index (χ0v) is 17.4. The number of nitrogens with zero attached hydrogens (tertiary/aromatic N) is 2. The molecule has 0 saturated carbocycles. The van der Waals surface area contributed by atoms with Gasteiger partial charge in [-0.3, -0.25) is 4.79 Å². The molecule has 0 fully saturated rings. The fourth-order valence-electron chi connectivity index (χ4n) is 3.10. The zero-order valence-electron chi connectivity index (χ0n) is 16.6. The van der Waals surface area contributed by atoms with Gasteiger partial charge in [0.05, 0.1) is 15.9 Å². The van der Waals surface area contributed by atoms with Gasteiger partial charge < -0.3 is 11.1 Å². The van der Waals surface area contributed by atoms with Crippen LogP contribution >= 0.6 is 11.3 Å². The minimum Gasteiger partial charge on any atom is -0.383 e. The molecular formula is C24H22N4OS. The highest BCUT2D eigenvalue weighted by Gasteiger charge is 2.10. The number of amides is 1. The predicted octanol–water partition coefficient (Wildman–Crippen LogP) is 5.21. The Hall–Kier alpha value is -3.51. The fourth-order valence-corrected chi connectivity index (χ4v) is 4.03. The smallest absolute Gasteiger partial charge is 0.226 e. The van der Waals surface area contributed by atoms with E-state index in [1.807, 2.05) is 79.7 Å². The molecule has 3 aromatic carbocycles. The predicted molar refractivity (Wildman–Crippen MR) is 125 cm³/mol. The van der Waals surface area contributed by atoms with Gasteiger partial charge in [0.25, 0.3) is 0 Å². The number of anilines is 1. The molecule has 0 unspecified atom stereocenters. The van der Waals surface area contributed by atoms with Crippen molar-refractivity contribution < 1.29 is 4.79 Å². The Kier molecular flexibility index (Phi) is 5.86. The molecule has 0 aliphatic heterocycles. The number of aromatic nitrogens is 1. The summed E-state index contributed by atoms with van der Waals surface area (Å²) in [5.74, 6) is 0.409. The molecule has 0 atom stereocenters. The lowest BCUT2D eigenvalue weighted by molar-refractivity contribution is -0.116. The summed E-state index contributed by atoms with van der Waals surface area (Å²) in [5.41, 5.74) is 11.0. The first-order chi connectivity index (χ1) is 14.6. The maximum absolute atomic E-state index is 12.3. The number of para-hydroxylation sites is 1. The minimum absolute atomic E-state index is 0.0428. The average molecular weight is 415 g/mol. The number of amidine groups is 1. The lowest BCUT2D eigenvalue weighted by atomic mass is 10.1. The second-order valence-electron chi connectivity index (χ2n) is 7.02. The van der Waals surface area contributed by atoms with Crippen LogP contribution in [-0.4, -0.2) is 16.7 Å². The fraction of sp³-hybridized carbons (Fsp3) is 0.125. The standard InChI is InChI=1S/C24H22N4OS/c1-16-7-5-6-10-19(16)26-23(25)18-12-13-20-21(15-18)30-24(27-20)28-22(29)14-11-17-8-3-2-4-9-17/h2-10,12-13,15H,11,14H2,1H3,(H2,25,26)(H,27,28,29). The van der Waals surface area contributed by atoms with Crippen molar-refractivity contribution in [2.24, 2.45) is 10.7 Å². The van der Waals surface area contributed by atoms with Crippen LogP contribution in [0.25, 0.3) is 10.2 Å². The van der Waals surface area contributed by atoms with E-state index >= 15 is 0 Å². The van der Waals surface area contributed by atoms with E-state index in [0.717, 1.165) is 32.6 Å². The molecule has 0 aliphatic rings. The first-order valence-corrected chi connectivity index (χ1v) is 10.5. The molecule has 0 aliphatic carbocycles. The first kappa shape index (κ1) is 19.8. The zero-order chi connectivity index (χ0) is 20.9. The van der Waals surface area contributed by atoms with Gasteiger partial charge >= 0.3 is 0 Å². The molecule has 1 aromatic heterocycles. The van der Waals surface area contributed by atoms with E-state index in [1.165, 1.54) is 11.3 Å². The molecule has 150 valence electrons. The van der Waals surface area contributed by atoms with Crippen molar-refractivity contribution in [2.45, 2.75) is 19.8 Å². The lowest BCUT2D eigenvalue weighted by Gasteiger charge is -2.03. The van der Waals surface area contributed by atoms with E-state index in [-0.39, 0.29) is 5.91 Å². The molecular weight excluding hydrogens is 392 g/mol. The summed E-state index contributed by atoms with van der Waals surface area (Å²) in [6.45, 7) is 2.01. The minimum atomic E-state index is -0.0428. The summed E-state index contributed by atoms with van der Waals surface area (Å²) < 4.78 is 0.953. The number of nitrogens with two attached hydrogens (primary N) is 1. The number of carbonyl (C=O) groups excluding carboxylic acids is 1. The molecule has 4 aromatic rings. The average Bonchev–Trinajstić information content (AvgIpc) is 3.16. The maximum atomic E-state index is 12.3. The molecule has 6 heteroatoms. The third kappa shape index (κ3) is 4.72. The van der Waals surface area contributed by atoms with Crippen molar-refractivity contribution in [2.75, 3.05) is 5.32 Å². The molecule has 3 N–H and O–H groups in total. The van der Waals surface area contributed by atoms with Gasteiger partial charge in [-0.2, -0.15) is 0 Å². The van der Waals surface area contributed by atoms with Crippen LogP contribution in [0.5, 0.6) is 0 Å². The summed E-state index contributed by atoms with van der Waals surface area (Å²) in [6.07, 6.45) is 1.12. The summed E-state index contributed by atoms with van der Waals surface area (Å²) in [6, 6.07) is 23.6. The Labute approximate surface area is 179 Å². The number of nitrogens with one attached hydrogen (secondary N) is 1. The number of aryl methyl sites for hydroxylation is 2. The number of aliphatic imine (C=N–C) groups is 1. The summed E-state index contributed by atoms with van der Waals surface area (Å²) in [5, 5.41) is 3.50. The van der Waals surface area contributed by atoms with Crippen molar-refractivity contribution in [1.82, 2.24) is 4.98 Å². The second-order valence-corrected chi connectivity index (χ2v) is 8.05. The molecule has 0 bridgehead atoms. The molecule has 4 rings (SSSR count). The van der Waals surface area contributed by atoms with Crippen LogP contribution in [0.4, 0.5) is 10.8 Å². The van der Waals surface area contributed by atoms with Crippen LogP contribution in [0.3, 0.4) is 0 Å². The normalized spacial score (nSPS) is 11.6. The Morgan fingerprint density at radius 1 is 1.07 bits per heavy atom. The summed E-state index contributed by atoms with van der Waals surface area (Å²) in [7, 11) is 0. The van der Waals surface area contributed by atoms with E-state index in [9.17, 15) is 4.79 Å². The number of thiazole rings is 1. The molecule has 5 nitrogen and oxygen atoms in total. The summed E-state index contributed by atoms with van der Waals surface area (Å²) >= 11 is 1.43. The number of benzene rings is 3. The van der Waals surface area contributed by atoms with Crippen molar-refractivity contribution in [3.63, 3.8) is 0 Å². The highest BCUT2D eigenvalue weighted by molar-refractivity contribution is 7.22. The Morgan fingerprint density at radius 3 is 2.63 bits per heavy atom. The number of fused-ring (bicyclic) bond motifs is 1. The van der Waals surface area contributed by atoms with Gasteiger partial charge in [0.15, 0.2) is 5.13 Å². The van der Waals surface area contributed by atoms with Crippen LogP contribution in [0.15, 0.2) is 77.8 Å². The Morgan fingerprint density at radius 2 is 1.83 bits per heavy atom. The van der Waals surface area contributed by atoms with Crippen molar-refractivity contribution in [1.29, 1.82) is 0 Å². The first-order valence-electron chi connectivity index (χ1n) is 9.73. The van der Waals surface area contributed by atoms with Crippen molar-refractivity contribution >= 4 is 44.1 Å². The second kappa shape index (κ2) is 8.88. The Bertz CT molecular complexity index is 1210. The SMILES string of the molecule is Cc1ccccc1N=C(N)c1ccc2nc(NC(=O)CCc3ccccc3)sc2c1. The van der Waals surface area contributed by atoms with Gasteiger partial charge in [0.1, 0.15) is 5.84 Å².